The van der Waals surface area contributed by atoms with Crippen LogP contribution in [0.4, 0.5) is 0 Å². The third-order valence-corrected chi connectivity index (χ3v) is 5.17. The van der Waals surface area contributed by atoms with Crippen LogP contribution < -0.4 is 9.47 Å². The first-order valence-electron chi connectivity index (χ1n) is 8.17. The van der Waals surface area contributed by atoms with Gasteiger partial charge in [-0.05, 0) is 30.2 Å². The van der Waals surface area contributed by atoms with E-state index in [1.54, 1.807) is 25.6 Å². The predicted octanol–water partition coefficient (Wildman–Crippen LogP) is 3.77. The minimum Gasteiger partial charge on any atom is -0.493 e. The Morgan fingerprint density at radius 2 is 1.81 bits per heavy atom. The van der Waals surface area contributed by atoms with E-state index < -0.39 is 0 Å². The van der Waals surface area contributed by atoms with E-state index in [0.717, 1.165) is 26.9 Å². The fourth-order valence-electron chi connectivity index (χ4n) is 2.86. The second-order valence-corrected chi connectivity index (χ2v) is 6.85. The van der Waals surface area contributed by atoms with Crippen molar-refractivity contribution in [2.75, 3.05) is 14.2 Å². The highest BCUT2D eigenvalue weighted by Gasteiger charge is 2.15. The van der Waals surface area contributed by atoms with Gasteiger partial charge in [-0.15, -0.1) is 10.2 Å². The molecule has 0 aliphatic rings. The van der Waals surface area contributed by atoms with Crippen LogP contribution in [0.5, 0.6) is 11.5 Å². The molecule has 0 saturated heterocycles. The molecule has 0 bridgehead atoms. The van der Waals surface area contributed by atoms with Crippen LogP contribution in [-0.2, 0) is 6.42 Å². The van der Waals surface area contributed by atoms with Crippen molar-refractivity contribution in [3.63, 3.8) is 0 Å². The number of benzene rings is 2. The summed E-state index contributed by atoms with van der Waals surface area (Å²) in [7, 11) is 3.26. The molecule has 0 amide bonds. The maximum atomic E-state index is 5.38. The standard InChI is InChI=1S/C19H18N4O2S/c1-12-6-4-5-7-14(12)18-22-23-17(20-21-19(23)26-18)11-13-8-9-15(24-2)16(10-13)25-3/h4-10H,11H2,1-3H3. The molecule has 2 aromatic carbocycles. The Morgan fingerprint density at radius 1 is 1.00 bits per heavy atom. The van der Waals surface area contributed by atoms with Crippen LogP contribution in [0, 0.1) is 6.92 Å². The van der Waals surface area contributed by atoms with E-state index in [1.165, 1.54) is 5.56 Å². The van der Waals surface area contributed by atoms with Crippen molar-refractivity contribution in [3.8, 4) is 22.1 Å². The van der Waals surface area contributed by atoms with E-state index in [2.05, 4.69) is 29.3 Å². The summed E-state index contributed by atoms with van der Waals surface area (Å²) in [5, 5.41) is 14.3. The first-order valence-corrected chi connectivity index (χ1v) is 8.99. The predicted molar refractivity (Wildman–Crippen MR) is 101 cm³/mol. The maximum absolute atomic E-state index is 5.38. The summed E-state index contributed by atoms with van der Waals surface area (Å²) in [5.74, 6) is 2.20. The molecule has 132 valence electrons. The lowest BCUT2D eigenvalue weighted by molar-refractivity contribution is 0.354. The quantitative estimate of drug-likeness (QED) is 0.538. The Morgan fingerprint density at radius 3 is 2.58 bits per heavy atom. The summed E-state index contributed by atoms with van der Waals surface area (Å²) >= 11 is 1.54. The van der Waals surface area contributed by atoms with Gasteiger partial charge in [0.05, 0.1) is 14.2 Å². The molecule has 26 heavy (non-hydrogen) atoms. The molecule has 0 spiro atoms. The van der Waals surface area contributed by atoms with Crippen molar-refractivity contribution in [3.05, 3.63) is 59.4 Å². The summed E-state index contributed by atoms with van der Waals surface area (Å²) < 4.78 is 12.5. The maximum Gasteiger partial charge on any atom is 0.234 e. The monoisotopic (exact) mass is 366 g/mol. The Balaban J connectivity index is 1.69. The number of aromatic nitrogens is 4. The van der Waals surface area contributed by atoms with Crippen LogP contribution >= 0.6 is 11.3 Å². The largest absolute Gasteiger partial charge is 0.493 e. The zero-order valence-corrected chi connectivity index (χ0v) is 15.6. The summed E-state index contributed by atoms with van der Waals surface area (Å²) in [6, 6.07) is 14.1. The minimum absolute atomic E-state index is 0.610. The highest BCUT2D eigenvalue weighted by molar-refractivity contribution is 7.19. The van der Waals surface area contributed by atoms with Crippen LogP contribution in [-0.4, -0.2) is 34.0 Å². The molecule has 0 aliphatic heterocycles. The first kappa shape index (κ1) is 16.5. The van der Waals surface area contributed by atoms with Crippen molar-refractivity contribution in [1.29, 1.82) is 0 Å². The molecule has 7 heteroatoms. The van der Waals surface area contributed by atoms with Gasteiger partial charge >= 0.3 is 0 Å². The summed E-state index contributed by atoms with van der Waals surface area (Å²) in [6.07, 6.45) is 0.610. The zero-order chi connectivity index (χ0) is 18.1. The Bertz CT molecular complexity index is 1070. The normalized spacial score (nSPS) is 11.0. The lowest BCUT2D eigenvalue weighted by Gasteiger charge is -2.08. The van der Waals surface area contributed by atoms with Gasteiger partial charge in [-0.25, -0.2) is 0 Å². The number of rotatable bonds is 5. The molecule has 2 aromatic heterocycles. The molecule has 0 fully saturated rings. The summed E-state index contributed by atoms with van der Waals surface area (Å²) in [5.41, 5.74) is 3.38. The number of fused-ring (bicyclic) bond motifs is 1. The van der Waals surface area contributed by atoms with Gasteiger partial charge in [-0.2, -0.15) is 9.61 Å². The molecule has 0 N–H and O–H groups in total. The van der Waals surface area contributed by atoms with Crippen LogP contribution in [0.2, 0.25) is 0 Å². The number of methoxy groups -OCH3 is 2. The molecular formula is C19H18N4O2S. The third kappa shape index (κ3) is 2.90. The smallest absolute Gasteiger partial charge is 0.234 e. The molecule has 4 aromatic rings. The fraction of sp³-hybridized carbons (Fsp3) is 0.211. The number of hydrogen-bond acceptors (Lipinski definition) is 6. The average molecular weight is 366 g/mol. The molecule has 0 radical (unpaired) electrons. The second kappa shape index (κ2) is 6.76. The van der Waals surface area contributed by atoms with Crippen LogP contribution in [0.1, 0.15) is 17.0 Å². The van der Waals surface area contributed by atoms with Crippen molar-refractivity contribution in [1.82, 2.24) is 19.8 Å². The van der Waals surface area contributed by atoms with Gasteiger partial charge in [0.2, 0.25) is 4.96 Å². The van der Waals surface area contributed by atoms with Crippen LogP contribution in [0.3, 0.4) is 0 Å². The zero-order valence-electron chi connectivity index (χ0n) is 14.8. The number of ether oxygens (including phenoxy) is 2. The van der Waals surface area contributed by atoms with Gasteiger partial charge in [-0.3, -0.25) is 0 Å². The van der Waals surface area contributed by atoms with Gasteiger partial charge < -0.3 is 9.47 Å². The van der Waals surface area contributed by atoms with E-state index in [-0.39, 0.29) is 0 Å². The highest BCUT2D eigenvalue weighted by Crippen LogP contribution is 2.30. The molecule has 0 atom stereocenters. The van der Waals surface area contributed by atoms with E-state index >= 15 is 0 Å². The fourth-order valence-corrected chi connectivity index (χ4v) is 3.81. The SMILES string of the molecule is COc1ccc(Cc2nnc3sc(-c4ccccc4C)nn23)cc1OC. The molecule has 6 nitrogen and oxygen atoms in total. The van der Waals surface area contributed by atoms with Crippen LogP contribution in [0.25, 0.3) is 15.5 Å². The van der Waals surface area contributed by atoms with Crippen LogP contribution in [0.15, 0.2) is 42.5 Å². The van der Waals surface area contributed by atoms with E-state index in [1.807, 2.05) is 34.8 Å². The topological polar surface area (TPSA) is 61.5 Å². The van der Waals surface area contributed by atoms with E-state index in [0.29, 0.717) is 17.9 Å². The Kier molecular flexibility index (Phi) is 4.30. The van der Waals surface area contributed by atoms with Gasteiger partial charge in [0.15, 0.2) is 17.3 Å². The van der Waals surface area contributed by atoms with Gasteiger partial charge in [0.25, 0.3) is 0 Å². The van der Waals surface area contributed by atoms with E-state index in [9.17, 15) is 0 Å². The van der Waals surface area contributed by atoms with Crippen molar-refractivity contribution < 1.29 is 9.47 Å². The van der Waals surface area contributed by atoms with E-state index in [4.69, 9.17) is 14.6 Å². The Hall–Kier alpha value is -2.93. The lowest BCUT2D eigenvalue weighted by atomic mass is 10.1. The van der Waals surface area contributed by atoms with Crippen molar-refractivity contribution in [2.45, 2.75) is 13.3 Å². The molecule has 0 aliphatic carbocycles. The van der Waals surface area contributed by atoms with Crippen molar-refractivity contribution >= 4 is 16.3 Å². The first-order chi connectivity index (χ1) is 12.7. The summed E-state index contributed by atoms with van der Waals surface area (Å²) in [6.45, 7) is 2.09. The molecular weight excluding hydrogens is 348 g/mol. The molecule has 2 heterocycles. The Labute approximate surface area is 155 Å². The molecule has 0 unspecified atom stereocenters. The minimum atomic E-state index is 0.610. The van der Waals surface area contributed by atoms with Gasteiger partial charge in [0, 0.05) is 12.0 Å². The lowest BCUT2D eigenvalue weighted by Crippen LogP contribution is -1.99. The van der Waals surface area contributed by atoms with Gasteiger partial charge in [-0.1, -0.05) is 41.7 Å². The molecule has 0 saturated carbocycles. The second-order valence-electron chi connectivity index (χ2n) is 5.90. The third-order valence-electron chi connectivity index (χ3n) is 4.24. The summed E-state index contributed by atoms with van der Waals surface area (Å²) in [4.78, 5) is 0.790. The number of nitrogens with zero attached hydrogens (tertiary/aromatic N) is 4. The average Bonchev–Trinajstić information content (AvgIpc) is 3.24. The molecule has 4 rings (SSSR count). The number of hydrogen-bond donors (Lipinski definition) is 0. The number of aryl methyl sites for hydroxylation is 1. The van der Waals surface area contributed by atoms with Gasteiger partial charge in [0.1, 0.15) is 5.01 Å². The highest BCUT2D eigenvalue weighted by atomic mass is 32.1. The van der Waals surface area contributed by atoms with Crippen molar-refractivity contribution in [2.24, 2.45) is 0 Å².